The lowest BCUT2D eigenvalue weighted by Crippen LogP contribution is -2.03. The molecule has 21 heavy (non-hydrogen) atoms. The maximum absolute atomic E-state index is 9.05. The molecule has 2 heterocycles. The van der Waals surface area contributed by atoms with Crippen molar-refractivity contribution in [3.8, 4) is 6.07 Å². The molecule has 0 unspecified atom stereocenters. The van der Waals surface area contributed by atoms with Crippen molar-refractivity contribution in [3.63, 3.8) is 0 Å². The molecule has 0 bridgehead atoms. The molecule has 2 aliphatic rings. The Morgan fingerprint density at radius 1 is 1.29 bits per heavy atom. The molecule has 2 N–H and O–H groups in total. The molecule has 106 valence electrons. The molecule has 2 aromatic heterocycles. The Labute approximate surface area is 126 Å². The van der Waals surface area contributed by atoms with E-state index in [9.17, 15) is 0 Å². The molecule has 0 spiro atoms. The van der Waals surface area contributed by atoms with E-state index in [1.165, 1.54) is 37.4 Å². The number of nitrogens with zero attached hydrogens (tertiary/aromatic N) is 5. The van der Waals surface area contributed by atoms with Crippen LogP contribution in [-0.4, -0.2) is 19.7 Å². The molecule has 0 saturated heterocycles. The highest BCUT2D eigenvalue weighted by atomic mass is 32.2. The number of aromatic nitrogens is 4. The van der Waals surface area contributed by atoms with Crippen molar-refractivity contribution in [3.05, 3.63) is 23.7 Å². The minimum Gasteiger partial charge on any atom is -0.395 e. The standard InChI is InChI=1S/C14H14N6S/c15-7-9-5-6-17-13(11(9)16)21-14-19-18-12(8-1-2-8)20(14)10-3-4-10/h5-6,8,10H,1-4,16H2. The molecule has 4 rings (SSSR count). The van der Waals surface area contributed by atoms with Crippen LogP contribution in [0.25, 0.3) is 0 Å². The number of hydrogen-bond acceptors (Lipinski definition) is 6. The van der Waals surface area contributed by atoms with Gasteiger partial charge in [0.2, 0.25) is 0 Å². The topological polar surface area (TPSA) is 93.4 Å². The molecule has 0 amide bonds. The van der Waals surface area contributed by atoms with Gasteiger partial charge in [0.15, 0.2) is 5.16 Å². The van der Waals surface area contributed by atoms with Crippen LogP contribution in [0.3, 0.4) is 0 Å². The predicted octanol–water partition coefficient (Wildman–Crippen LogP) is 2.49. The summed E-state index contributed by atoms with van der Waals surface area (Å²) in [6, 6.07) is 4.24. The Balaban J connectivity index is 1.70. The second kappa shape index (κ2) is 4.74. The lowest BCUT2D eigenvalue weighted by Gasteiger charge is -2.09. The third-order valence-corrected chi connectivity index (χ3v) is 4.79. The van der Waals surface area contributed by atoms with Crippen molar-refractivity contribution in [2.75, 3.05) is 5.73 Å². The van der Waals surface area contributed by atoms with Crippen LogP contribution >= 0.6 is 11.8 Å². The van der Waals surface area contributed by atoms with Crippen LogP contribution in [0.4, 0.5) is 5.69 Å². The monoisotopic (exact) mass is 298 g/mol. The summed E-state index contributed by atoms with van der Waals surface area (Å²) in [6.07, 6.45) is 6.40. The minimum atomic E-state index is 0.420. The fourth-order valence-electron chi connectivity index (χ4n) is 2.37. The summed E-state index contributed by atoms with van der Waals surface area (Å²) in [6.45, 7) is 0. The van der Waals surface area contributed by atoms with Gasteiger partial charge in [0.25, 0.3) is 0 Å². The van der Waals surface area contributed by atoms with Crippen LogP contribution in [0.5, 0.6) is 0 Å². The summed E-state index contributed by atoms with van der Waals surface area (Å²) in [7, 11) is 0. The molecular formula is C14H14N6S. The number of nitrogen functional groups attached to an aromatic ring is 1. The van der Waals surface area contributed by atoms with Gasteiger partial charge in [-0.1, -0.05) is 0 Å². The van der Waals surface area contributed by atoms with Crippen LogP contribution in [0.2, 0.25) is 0 Å². The molecule has 2 aliphatic carbocycles. The van der Waals surface area contributed by atoms with E-state index in [2.05, 4.69) is 25.8 Å². The average Bonchev–Trinajstić information content (AvgIpc) is 3.40. The number of nitriles is 1. The summed E-state index contributed by atoms with van der Waals surface area (Å²) in [5.41, 5.74) is 6.87. The van der Waals surface area contributed by atoms with Gasteiger partial charge in [0.1, 0.15) is 16.9 Å². The first-order chi connectivity index (χ1) is 10.3. The van der Waals surface area contributed by atoms with Crippen LogP contribution < -0.4 is 5.73 Å². The highest BCUT2D eigenvalue weighted by Gasteiger charge is 2.36. The largest absolute Gasteiger partial charge is 0.395 e. The SMILES string of the molecule is N#Cc1ccnc(Sc2nnc(C3CC3)n2C2CC2)c1N. The summed E-state index contributed by atoms with van der Waals surface area (Å²) >= 11 is 1.41. The second-order valence-electron chi connectivity index (χ2n) is 5.51. The zero-order valence-electron chi connectivity index (χ0n) is 11.4. The van der Waals surface area contributed by atoms with Gasteiger partial charge in [0, 0.05) is 18.2 Å². The van der Waals surface area contributed by atoms with Crippen molar-refractivity contribution in [1.82, 2.24) is 19.7 Å². The number of hydrogen-bond donors (Lipinski definition) is 1. The molecule has 2 aromatic rings. The van der Waals surface area contributed by atoms with Gasteiger partial charge in [-0.15, -0.1) is 10.2 Å². The van der Waals surface area contributed by atoms with Gasteiger partial charge in [-0.05, 0) is 43.5 Å². The van der Waals surface area contributed by atoms with Crippen LogP contribution in [0.15, 0.2) is 22.4 Å². The van der Waals surface area contributed by atoms with Crippen LogP contribution in [0, 0.1) is 11.3 Å². The first-order valence-electron chi connectivity index (χ1n) is 7.05. The number of rotatable bonds is 4. The third-order valence-electron chi connectivity index (χ3n) is 3.81. The zero-order valence-corrected chi connectivity index (χ0v) is 12.2. The van der Waals surface area contributed by atoms with E-state index in [-0.39, 0.29) is 0 Å². The van der Waals surface area contributed by atoms with Gasteiger partial charge < -0.3 is 10.3 Å². The van der Waals surface area contributed by atoms with Gasteiger partial charge in [-0.3, -0.25) is 0 Å². The molecule has 0 atom stereocenters. The molecule has 6 nitrogen and oxygen atoms in total. The van der Waals surface area contributed by atoms with E-state index in [1.54, 1.807) is 12.3 Å². The van der Waals surface area contributed by atoms with E-state index in [4.69, 9.17) is 11.0 Å². The van der Waals surface area contributed by atoms with E-state index in [0.29, 0.717) is 28.2 Å². The number of pyridine rings is 1. The lowest BCUT2D eigenvalue weighted by molar-refractivity contribution is 0.626. The van der Waals surface area contributed by atoms with Crippen molar-refractivity contribution < 1.29 is 0 Å². The van der Waals surface area contributed by atoms with Crippen molar-refractivity contribution in [1.29, 1.82) is 5.26 Å². The van der Waals surface area contributed by atoms with E-state index in [0.717, 1.165) is 11.0 Å². The Hall–Kier alpha value is -2.07. The van der Waals surface area contributed by atoms with Gasteiger partial charge in [-0.2, -0.15) is 5.26 Å². The second-order valence-corrected chi connectivity index (χ2v) is 6.46. The molecule has 2 fully saturated rings. The lowest BCUT2D eigenvalue weighted by atomic mass is 10.2. The third kappa shape index (κ3) is 2.25. The maximum atomic E-state index is 9.05. The van der Waals surface area contributed by atoms with Gasteiger partial charge in [-0.25, -0.2) is 4.98 Å². The first kappa shape index (κ1) is 12.7. The molecule has 0 radical (unpaired) electrons. The summed E-state index contributed by atoms with van der Waals surface area (Å²) < 4.78 is 2.25. The zero-order chi connectivity index (χ0) is 14.4. The number of anilines is 1. The normalized spacial score (nSPS) is 17.7. The smallest absolute Gasteiger partial charge is 0.197 e. The maximum Gasteiger partial charge on any atom is 0.197 e. The Bertz CT molecular complexity index is 738. The van der Waals surface area contributed by atoms with E-state index < -0.39 is 0 Å². The summed E-state index contributed by atoms with van der Waals surface area (Å²) in [4.78, 5) is 4.28. The van der Waals surface area contributed by atoms with E-state index >= 15 is 0 Å². The van der Waals surface area contributed by atoms with Crippen molar-refractivity contribution in [2.24, 2.45) is 0 Å². The van der Waals surface area contributed by atoms with Gasteiger partial charge in [0.05, 0.1) is 11.3 Å². The number of nitrogens with two attached hydrogens (primary N) is 1. The predicted molar refractivity (Wildman–Crippen MR) is 77.8 cm³/mol. The first-order valence-corrected chi connectivity index (χ1v) is 7.87. The quantitative estimate of drug-likeness (QED) is 0.932. The van der Waals surface area contributed by atoms with Crippen molar-refractivity contribution in [2.45, 2.75) is 47.8 Å². The summed E-state index contributed by atoms with van der Waals surface area (Å²) in [5.74, 6) is 1.68. The average molecular weight is 298 g/mol. The highest BCUT2D eigenvalue weighted by Crippen LogP contribution is 2.47. The van der Waals surface area contributed by atoms with E-state index in [1.807, 2.05) is 0 Å². The molecule has 0 aliphatic heterocycles. The molecule has 0 aromatic carbocycles. The molecule has 2 saturated carbocycles. The fourth-order valence-corrected chi connectivity index (χ4v) is 3.30. The highest BCUT2D eigenvalue weighted by molar-refractivity contribution is 7.99. The fraction of sp³-hybridized carbons (Fsp3) is 0.429. The Morgan fingerprint density at radius 3 is 2.76 bits per heavy atom. The summed E-state index contributed by atoms with van der Waals surface area (Å²) in [5, 5.41) is 19.2. The van der Waals surface area contributed by atoms with Crippen LogP contribution in [0.1, 0.15) is 49.0 Å². The Morgan fingerprint density at radius 2 is 2.10 bits per heavy atom. The molecular weight excluding hydrogens is 284 g/mol. The van der Waals surface area contributed by atoms with Gasteiger partial charge >= 0.3 is 0 Å². The van der Waals surface area contributed by atoms with Crippen LogP contribution in [-0.2, 0) is 0 Å². The Kier molecular flexibility index (Phi) is 2.86. The molecule has 7 heteroatoms. The minimum absolute atomic E-state index is 0.420. The van der Waals surface area contributed by atoms with Crippen molar-refractivity contribution >= 4 is 17.4 Å².